The average molecular weight is 295 g/mol. The van der Waals surface area contributed by atoms with Crippen molar-refractivity contribution in [3.05, 3.63) is 51.7 Å². The quantitative estimate of drug-likeness (QED) is 0.909. The second-order valence-corrected chi connectivity index (χ2v) is 5.84. The third-order valence-corrected chi connectivity index (χ3v) is 4.20. The fourth-order valence-electron chi connectivity index (χ4n) is 2.34. The van der Waals surface area contributed by atoms with Crippen LogP contribution in [0.3, 0.4) is 0 Å². The highest BCUT2D eigenvalue weighted by molar-refractivity contribution is 7.07. The Morgan fingerprint density at radius 3 is 2.40 bits per heavy atom. The Kier molecular flexibility index (Phi) is 3.72. The molecule has 0 aliphatic heterocycles. The van der Waals surface area contributed by atoms with E-state index in [1.54, 1.807) is 16.2 Å². The first-order valence-corrected chi connectivity index (χ1v) is 7.50. The zero-order valence-electron chi connectivity index (χ0n) is 10.9. The molecule has 1 aromatic heterocycles. The lowest BCUT2D eigenvalue weighted by molar-refractivity contribution is 0.280. The van der Waals surface area contributed by atoms with Gasteiger partial charge >= 0.3 is 0 Å². The molecule has 0 unspecified atom stereocenters. The second kappa shape index (κ2) is 5.50. The van der Waals surface area contributed by atoms with E-state index >= 15 is 0 Å². The summed E-state index contributed by atoms with van der Waals surface area (Å²) in [5.74, 6) is -1.20. The molecule has 0 radical (unpaired) electrons. The number of aliphatic hydroxyl groups excluding tert-OH is 1. The van der Waals surface area contributed by atoms with Gasteiger partial charge in [-0.25, -0.2) is 8.78 Å². The second-order valence-electron chi connectivity index (χ2n) is 5.06. The van der Waals surface area contributed by atoms with Gasteiger partial charge in [0.2, 0.25) is 0 Å². The van der Waals surface area contributed by atoms with E-state index in [2.05, 4.69) is 0 Å². The Bertz CT molecular complexity index is 573. The number of hydrogen-bond acceptors (Lipinski definition) is 3. The molecule has 0 saturated heterocycles. The first-order chi connectivity index (χ1) is 9.69. The van der Waals surface area contributed by atoms with Crippen molar-refractivity contribution in [2.75, 3.05) is 4.90 Å². The highest BCUT2D eigenvalue weighted by atomic mass is 32.1. The molecular formula is C15H15F2NOS. The monoisotopic (exact) mass is 295 g/mol. The standard InChI is InChI=1S/C15H15F2NOS/c16-13-5-11(8-19)6-14(17)15(13)18(12-1-2-12)7-10-3-4-20-9-10/h3-6,9,12,19H,1-2,7-8H2. The normalized spacial score (nSPS) is 14.6. The maximum Gasteiger partial charge on any atom is 0.149 e. The predicted octanol–water partition coefficient (Wildman–Crippen LogP) is 3.69. The minimum Gasteiger partial charge on any atom is -0.392 e. The van der Waals surface area contributed by atoms with Crippen molar-refractivity contribution in [2.45, 2.75) is 32.0 Å². The molecule has 0 bridgehead atoms. The van der Waals surface area contributed by atoms with E-state index in [0.717, 1.165) is 18.4 Å². The summed E-state index contributed by atoms with van der Waals surface area (Å²) in [5, 5.41) is 13.0. The van der Waals surface area contributed by atoms with Crippen LogP contribution in [0.15, 0.2) is 29.0 Å². The summed E-state index contributed by atoms with van der Waals surface area (Å²) in [4.78, 5) is 1.80. The molecule has 2 nitrogen and oxygen atoms in total. The average Bonchev–Trinajstić information content (AvgIpc) is 3.14. The van der Waals surface area contributed by atoms with Crippen LogP contribution < -0.4 is 4.90 Å². The summed E-state index contributed by atoms with van der Waals surface area (Å²) in [6, 6.07) is 4.60. The number of thiophene rings is 1. The molecule has 1 aliphatic carbocycles. The van der Waals surface area contributed by atoms with Crippen LogP contribution in [0.1, 0.15) is 24.0 Å². The molecule has 0 amide bonds. The van der Waals surface area contributed by atoms with Crippen LogP contribution in [0, 0.1) is 11.6 Å². The lowest BCUT2D eigenvalue weighted by atomic mass is 10.1. The topological polar surface area (TPSA) is 23.5 Å². The van der Waals surface area contributed by atoms with Crippen molar-refractivity contribution in [1.29, 1.82) is 0 Å². The Morgan fingerprint density at radius 2 is 1.90 bits per heavy atom. The summed E-state index contributed by atoms with van der Waals surface area (Å²) in [5.41, 5.74) is 1.35. The van der Waals surface area contributed by atoms with Gasteiger partial charge in [0.25, 0.3) is 0 Å². The number of anilines is 1. The van der Waals surface area contributed by atoms with Crippen LogP contribution in [-0.2, 0) is 13.2 Å². The molecule has 5 heteroatoms. The highest BCUT2D eigenvalue weighted by Crippen LogP contribution is 2.36. The van der Waals surface area contributed by atoms with Crippen molar-refractivity contribution < 1.29 is 13.9 Å². The number of halogens is 2. The van der Waals surface area contributed by atoms with Crippen molar-refractivity contribution in [1.82, 2.24) is 0 Å². The summed E-state index contributed by atoms with van der Waals surface area (Å²) >= 11 is 1.58. The third kappa shape index (κ3) is 2.69. The Hall–Kier alpha value is -1.46. The van der Waals surface area contributed by atoms with Gasteiger partial charge in [0.15, 0.2) is 0 Å². The number of benzene rings is 1. The van der Waals surface area contributed by atoms with E-state index in [4.69, 9.17) is 5.11 Å². The molecule has 0 spiro atoms. The van der Waals surface area contributed by atoms with Crippen LogP contribution >= 0.6 is 11.3 Å². The number of aliphatic hydroxyl groups is 1. The maximum atomic E-state index is 14.2. The zero-order valence-corrected chi connectivity index (χ0v) is 11.7. The largest absolute Gasteiger partial charge is 0.392 e. The van der Waals surface area contributed by atoms with Crippen molar-refractivity contribution in [3.8, 4) is 0 Å². The molecule has 2 aromatic rings. The van der Waals surface area contributed by atoms with Gasteiger partial charge in [0.1, 0.15) is 17.3 Å². The van der Waals surface area contributed by atoms with Gasteiger partial charge in [0, 0.05) is 12.6 Å². The lowest BCUT2D eigenvalue weighted by Gasteiger charge is -2.25. The minimum atomic E-state index is -0.601. The Balaban J connectivity index is 1.95. The smallest absolute Gasteiger partial charge is 0.149 e. The first-order valence-electron chi connectivity index (χ1n) is 6.55. The van der Waals surface area contributed by atoms with Gasteiger partial charge in [-0.05, 0) is 52.9 Å². The van der Waals surface area contributed by atoms with Crippen LogP contribution in [0.25, 0.3) is 0 Å². The van der Waals surface area contributed by atoms with Crippen LogP contribution in [-0.4, -0.2) is 11.1 Å². The van der Waals surface area contributed by atoms with Gasteiger partial charge in [-0.3, -0.25) is 0 Å². The maximum absolute atomic E-state index is 14.2. The Morgan fingerprint density at radius 1 is 1.20 bits per heavy atom. The number of nitrogens with zero attached hydrogens (tertiary/aromatic N) is 1. The van der Waals surface area contributed by atoms with Crippen molar-refractivity contribution >= 4 is 17.0 Å². The molecule has 1 saturated carbocycles. The molecule has 106 valence electrons. The van der Waals surface area contributed by atoms with E-state index in [1.807, 2.05) is 16.8 Å². The van der Waals surface area contributed by atoms with Crippen molar-refractivity contribution in [3.63, 3.8) is 0 Å². The van der Waals surface area contributed by atoms with Gasteiger partial charge in [-0.1, -0.05) is 0 Å². The van der Waals surface area contributed by atoms with E-state index in [9.17, 15) is 8.78 Å². The summed E-state index contributed by atoms with van der Waals surface area (Å²) < 4.78 is 28.3. The van der Waals surface area contributed by atoms with Crippen molar-refractivity contribution in [2.24, 2.45) is 0 Å². The fraction of sp³-hybridized carbons (Fsp3) is 0.333. The van der Waals surface area contributed by atoms with Crippen LogP contribution in [0.5, 0.6) is 0 Å². The van der Waals surface area contributed by atoms with E-state index in [1.165, 1.54) is 12.1 Å². The minimum absolute atomic E-state index is 0.0240. The number of rotatable bonds is 5. The number of hydrogen-bond donors (Lipinski definition) is 1. The fourth-order valence-corrected chi connectivity index (χ4v) is 3.00. The molecule has 20 heavy (non-hydrogen) atoms. The summed E-state index contributed by atoms with van der Waals surface area (Å²) in [7, 11) is 0. The van der Waals surface area contributed by atoms with Gasteiger partial charge in [0.05, 0.1) is 6.61 Å². The van der Waals surface area contributed by atoms with Crippen LogP contribution in [0.4, 0.5) is 14.5 Å². The molecule has 0 atom stereocenters. The summed E-state index contributed by atoms with van der Waals surface area (Å²) in [6.07, 6.45) is 1.93. The summed E-state index contributed by atoms with van der Waals surface area (Å²) in [6.45, 7) is 0.155. The van der Waals surface area contributed by atoms with E-state index in [-0.39, 0.29) is 23.9 Å². The van der Waals surface area contributed by atoms with E-state index in [0.29, 0.717) is 6.54 Å². The van der Waals surface area contributed by atoms with Crippen LogP contribution in [0.2, 0.25) is 0 Å². The molecule has 3 rings (SSSR count). The molecular weight excluding hydrogens is 280 g/mol. The molecule has 1 aromatic carbocycles. The molecule has 1 heterocycles. The lowest BCUT2D eigenvalue weighted by Crippen LogP contribution is -2.27. The first kappa shape index (κ1) is 13.5. The molecule has 1 aliphatic rings. The molecule has 1 N–H and O–H groups in total. The van der Waals surface area contributed by atoms with Gasteiger partial charge < -0.3 is 10.0 Å². The third-order valence-electron chi connectivity index (χ3n) is 3.47. The Labute approximate surface area is 120 Å². The zero-order chi connectivity index (χ0) is 14.1. The van der Waals surface area contributed by atoms with Gasteiger partial charge in [-0.15, -0.1) is 0 Å². The molecule has 1 fully saturated rings. The predicted molar refractivity (Wildman–Crippen MR) is 75.8 cm³/mol. The SMILES string of the molecule is OCc1cc(F)c(N(Cc2ccsc2)C2CC2)c(F)c1. The van der Waals surface area contributed by atoms with E-state index < -0.39 is 11.6 Å². The highest BCUT2D eigenvalue weighted by Gasteiger charge is 2.32. The van der Waals surface area contributed by atoms with Gasteiger partial charge in [-0.2, -0.15) is 11.3 Å².